The fraction of sp³-hybridized carbons (Fsp3) is 0. The summed E-state index contributed by atoms with van der Waals surface area (Å²) in [5, 5.41) is 0. The van der Waals surface area contributed by atoms with Gasteiger partial charge in [0.1, 0.15) is 0 Å². The predicted molar refractivity (Wildman–Crippen MR) is 223 cm³/mol. The minimum absolute atomic E-state index is 0.636. The lowest BCUT2D eigenvalue weighted by Crippen LogP contribution is -2.00. The summed E-state index contributed by atoms with van der Waals surface area (Å²) in [4.78, 5) is 14.9. The summed E-state index contributed by atoms with van der Waals surface area (Å²) in [6, 6.07) is 74.4. The summed E-state index contributed by atoms with van der Waals surface area (Å²) in [6.07, 6.45) is 0. The Hall–Kier alpha value is -7.23. The van der Waals surface area contributed by atoms with Crippen molar-refractivity contribution in [3.8, 4) is 89.8 Å². The maximum absolute atomic E-state index is 4.99. The molecule has 54 heavy (non-hydrogen) atoms. The third-order valence-electron chi connectivity index (χ3n) is 9.72. The van der Waals surface area contributed by atoms with Gasteiger partial charge in [0.15, 0.2) is 17.5 Å². The highest BCUT2D eigenvalue weighted by Gasteiger charge is 2.18. The van der Waals surface area contributed by atoms with Crippen molar-refractivity contribution in [1.82, 2.24) is 15.0 Å². The van der Waals surface area contributed by atoms with Crippen LogP contribution in [0.5, 0.6) is 0 Å². The number of nitrogens with zero attached hydrogens (tertiary/aromatic N) is 3. The smallest absolute Gasteiger partial charge is 0.164 e. The fourth-order valence-corrected chi connectivity index (χ4v) is 7.07. The second-order valence-electron chi connectivity index (χ2n) is 13.2. The molecule has 3 heteroatoms. The second-order valence-corrected chi connectivity index (χ2v) is 13.2. The zero-order chi connectivity index (χ0) is 36.1. The van der Waals surface area contributed by atoms with Crippen LogP contribution in [0.4, 0.5) is 0 Å². The van der Waals surface area contributed by atoms with Crippen molar-refractivity contribution in [2.24, 2.45) is 0 Å². The first-order chi connectivity index (χ1) is 26.8. The average molecular weight is 690 g/mol. The van der Waals surface area contributed by atoms with Gasteiger partial charge in [-0.3, -0.25) is 0 Å². The van der Waals surface area contributed by atoms with E-state index in [4.69, 9.17) is 15.0 Å². The largest absolute Gasteiger partial charge is 0.208 e. The van der Waals surface area contributed by atoms with Gasteiger partial charge >= 0.3 is 0 Å². The molecule has 0 bridgehead atoms. The van der Waals surface area contributed by atoms with Crippen LogP contribution in [0.3, 0.4) is 0 Å². The minimum atomic E-state index is 0.636. The standard InChI is InChI=1S/C51H35N3/c1-6-18-36(19-7-1)46-34-45(35-47(37-20-8-2-9-21-37)48(46)38-22-10-3-11-23-38)43-30-16-28-41(32-43)42-29-17-31-44(33-42)51-53-49(39-24-12-4-13-25-39)52-50(54-51)40-26-14-5-15-27-40/h1-35H. The molecule has 8 aromatic carbocycles. The third kappa shape index (κ3) is 6.74. The Labute approximate surface area is 316 Å². The molecule has 0 saturated carbocycles. The van der Waals surface area contributed by atoms with E-state index in [1.807, 2.05) is 60.7 Å². The maximum atomic E-state index is 4.99. The Bertz CT molecular complexity index is 2560. The van der Waals surface area contributed by atoms with Crippen LogP contribution in [-0.2, 0) is 0 Å². The third-order valence-corrected chi connectivity index (χ3v) is 9.72. The van der Waals surface area contributed by atoms with E-state index in [-0.39, 0.29) is 0 Å². The van der Waals surface area contributed by atoms with Crippen LogP contribution in [0, 0.1) is 0 Å². The van der Waals surface area contributed by atoms with Gasteiger partial charge in [0, 0.05) is 16.7 Å². The molecule has 0 aliphatic rings. The monoisotopic (exact) mass is 689 g/mol. The van der Waals surface area contributed by atoms with Gasteiger partial charge in [-0.2, -0.15) is 0 Å². The molecule has 9 aromatic rings. The molecule has 0 atom stereocenters. The molecule has 0 saturated heterocycles. The number of hydrogen-bond acceptors (Lipinski definition) is 3. The van der Waals surface area contributed by atoms with Gasteiger partial charge in [-0.15, -0.1) is 0 Å². The SMILES string of the molecule is c1ccc(-c2nc(-c3ccccc3)nc(-c3cccc(-c4cccc(-c5cc(-c6ccccc6)c(-c6ccccc6)c(-c6ccccc6)c5)c4)c3)n2)cc1. The molecule has 0 aliphatic heterocycles. The molecule has 0 spiro atoms. The van der Waals surface area contributed by atoms with Crippen molar-refractivity contribution in [2.75, 3.05) is 0 Å². The number of aromatic nitrogens is 3. The molecular weight excluding hydrogens is 655 g/mol. The second kappa shape index (κ2) is 14.8. The molecule has 1 aromatic heterocycles. The minimum Gasteiger partial charge on any atom is -0.208 e. The van der Waals surface area contributed by atoms with Crippen molar-refractivity contribution >= 4 is 0 Å². The first kappa shape index (κ1) is 32.7. The summed E-state index contributed by atoms with van der Waals surface area (Å²) in [6.45, 7) is 0. The first-order valence-electron chi connectivity index (χ1n) is 18.2. The predicted octanol–water partition coefficient (Wildman–Crippen LogP) is 13.2. The zero-order valence-electron chi connectivity index (χ0n) is 29.5. The van der Waals surface area contributed by atoms with Crippen molar-refractivity contribution in [2.45, 2.75) is 0 Å². The average Bonchev–Trinajstić information content (AvgIpc) is 3.27. The van der Waals surface area contributed by atoms with Crippen LogP contribution in [0.15, 0.2) is 212 Å². The number of rotatable bonds is 8. The van der Waals surface area contributed by atoms with E-state index < -0.39 is 0 Å². The summed E-state index contributed by atoms with van der Waals surface area (Å²) >= 11 is 0. The molecule has 9 rings (SSSR count). The van der Waals surface area contributed by atoms with E-state index in [9.17, 15) is 0 Å². The van der Waals surface area contributed by atoms with Crippen LogP contribution in [0.25, 0.3) is 89.8 Å². The Morgan fingerprint density at radius 3 is 0.926 bits per heavy atom. The van der Waals surface area contributed by atoms with Gasteiger partial charge in [-0.05, 0) is 79.9 Å². The molecule has 0 N–H and O–H groups in total. The molecule has 0 fully saturated rings. The van der Waals surface area contributed by atoms with Crippen molar-refractivity contribution < 1.29 is 0 Å². The topological polar surface area (TPSA) is 38.7 Å². The Morgan fingerprint density at radius 1 is 0.204 bits per heavy atom. The first-order valence-corrected chi connectivity index (χ1v) is 18.2. The normalized spacial score (nSPS) is 11.0. The summed E-state index contributed by atoms with van der Waals surface area (Å²) in [7, 11) is 0. The molecule has 0 amide bonds. The molecule has 0 unspecified atom stereocenters. The lowest BCUT2D eigenvalue weighted by atomic mass is 9.84. The lowest BCUT2D eigenvalue weighted by molar-refractivity contribution is 1.07. The van der Waals surface area contributed by atoms with Crippen LogP contribution in [0.2, 0.25) is 0 Å². The summed E-state index contributed by atoms with van der Waals surface area (Å²) < 4.78 is 0. The Kier molecular flexibility index (Phi) is 8.94. The highest BCUT2D eigenvalue weighted by Crippen LogP contribution is 2.43. The Morgan fingerprint density at radius 2 is 0.500 bits per heavy atom. The molecule has 3 nitrogen and oxygen atoms in total. The number of hydrogen-bond donors (Lipinski definition) is 0. The molecule has 254 valence electrons. The molecular formula is C51H35N3. The Balaban J connectivity index is 1.17. The van der Waals surface area contributed by atoms with E-state index in [0.717, 1.165) is 38.9 Å². The van der Waals surface area contributed by atoms with Crippen LogP contribution in [-0.4, -0.2) is 15.0 Å². The van der Waals surface area contributed by atoms with E-state index >= 15 is 0 Å². The maximum Gasteiger partial charge on any atom is 0.164 e. The lowest BCUT2D eigenvalue weighted by Gasteiger charge is -2.19. The number of benzene rings is 8. The van der Waals surface area contributed by atoms with Gasteiger partial charge < -0.3 is 0 Å². The van der Waals surface area contributed by atoms with Gasteiger partial charge in [0.25, 0.3) is 0 Å². The van der Waals surface area contributed by atoms with Gasteiger partial charge in [-0.1, -0.05) is 188 Å². The van der Waals surface area contributed by atoms with E-state index in [0.29, 0.717) is 17.5 Å². The van der Waals surface area contributed by atoms with Gasteiger partial charge in [0.2, 0.25) is 0 Å². The molecule has 0 radical (unpaired) electrons. The van der Waals surface area contributed by atoms with Crippen LogP contribution >= 0.6 is 0 Å². The summed E-state index contributed by atoms with van der Waals surface area (Å²) in [5.74, 6) is 1.93. The highest BCUT2D eigenvalue weighted by atomic mass is 15.0. The fourth-order valence-electron chi connectivity index (χ4n) is 7.07. The van der Waals surface area contributed by atoms with Crippen molar-refractivity contribution in [1.29, 1.82) is 0 Å². The van der Waals surface area contributed by atoms with E-state index in [1.165, 1.54) is 33.4 Å². The van der Waals surface area contributed by atoms with Gasteiger partial charge in [0.05, 0.1) is 0 Å². The van der Waals surface area contributed by atoms with Crippen LogP contribution < -0.4 is 0 Å². The van der Waals surface area contributed by atoms with E-state index in [1.54, 1.807) is 0 Å². The molecule has 0 aliphatic carbocycles. The van der Waals surface area contributed by atoms with E-state index in [2.05, 4.69) is 152 Å². The van der Waals surface area contributed by atoms with Crippen LogP contribution in [0.1, 0.15) is 0 Å². The van der Waals surface area contributed by atoms with Gasteiger partial charge in [-0.25, -0.2) is 15.0 Å². The van der Waals surface area contributed by atoms with Crippen molar-refractivity contribution in [3.63, 3.8) is 0 Å². The molecule has 1 heterocycles. The zero-order valence-corrected chi connectivity index (χ0v) is 29.5. The highest BCUT2D eigenvalue weighted by molar-refractivity contribution is 5.98. The quantitative estimate of drug-likeness (QED) is 0.159. The summed E-state index contributed by atoms with van der Waals surface area (Å²) in [5.41, 5.74) is 14.5. The van der Waals surface area contributed by atoms with Crippen molar-refractivity contribution in [3.05, 3.63) is 212 Å².